The summed E-state index contributed by atoms with van der Waals surface area (Å²) in [6.07, 6.45) is 1.63. The lowest BCUT2D eigenvalue weighted by Gasteiger charge is -2.06. The first-order chi connectivity index (χ1) is 9.58. The molecule has 0 radical (unpaired) electrons. The van der Waals surface area contributed by atoms with Gasteiger partial charge in [0.05, 0.1) is 18.8 Å². The first-order valence-electron chi connectivity index (χ1n) is 5.78. The minimum absolute atomic E-state index is 0.190. The number of amides is 1. The van der Waals surface area contributed by atoms with Gasteiger partial charge in [-0.3, -0.25) is 9.78 Å². The van der Waals surface area contributed by atoms with E-state index in [4.69, 9.17) is 0 Å². The van der Waals surface area contributed by atoms with E-state index in [1.54, 1.807) is 29.8 Å². The second-order valence-corrected chi connectivity index (χ2v) is 6.80. The number of thiophene rings is 1. The summed E-state index contributed by atoms with van der Waals surface area (Å²) in [6.45, 7) is -0.0343. The molecule has 0 unspecified atom stereocenters. The summed E-state index contributed by atoms with van der Waals surface area (Å²) >= 11 is 1.10. The zero-order chi connectivity index (χ0) is 14.4. The second kappa shape index (κ2) is 6.60. The number of hydrogen-bond acceptors (Lipinski definition) is 5. The number of carbonyl (C=O) groups excluding carboxylic acids is 1. The van der Waals surface area contributed by atoms with Crippen molar-refractivity contribution in [2.45, 2.75) is 10.8 Å². The highest BCUT2D eigenvalue weighted by Gasteiger charge is 2.16. The van der Waals surface area contributed by atoms with Crippen molar-refractivity contribution in [2.24, 2.45) is 0 Å². The molecule has 2 aromatic rings. The van der Waals surface area contributed by atoms with Gasteiger partial charge in [0.2, 0.25) is 5.91 Å². The Balaban J connectivity index is 1.81. The maximum Gasteiger partial charge on any atom is 0.250 e. The Morgan fingerprint density at radius 1 is 1.25 bits per heavy atom. The van der Waals surface area contributed by atoms with Crippen LogP contribution < -0.4 is 10.0 Å². The molecule has 2 N–H and O–H groups in total. The molecule has 0 saturated carbocycles. The van der Waals surface area contributed by atoms with Crippen LogP contribution in [0, 0.1) is 0 Å². The van der Waals surface area contributed by atoms with Crippen molar-refractivity contribution in [3.05, 3.63) is 47.6 Å². The maximum atomic E-state index is 11.8. The van der Waals surface area contributed by atoms with E-state index in [0.29, 0.717) is 5.69 Å². The molecule has 0 fully saturated rings. The lowest BCUT2D eigenvalue weighted by Crippen LogP contribution is -2.36. The molecule has 2 heterocycles. The highest BCUT2D eigenvalue weighted by Crippen LogP contribution is 2.14. The SMILES string of the molecule is O=C(CNS(=O)(=O)c1cccs1)NCc1ccccn1. The molecular formula is C12H13N3O3S2. The quantitative estimate of drug-likeness (QED) is 0.823. The van der Waals surface area contributed by atoms with Crippen molar-refractivity contribution >= 4 is 27.3 Å². The molecule has 0 aliphatic carbocycles. The fourth-order valence-electron chi connectivity index (χ4n) is 1.40. The van der Waals surface area contributed by atoms with Gasteiger partial charge < -0.3 is 5.32 Å². The summed E-state index contributed by atoms with van der Waals surface area (Å²) in [4.78, 5) is 15.6. The third kappa shape index (κ3) is 4.12. The number of nitrogens with zero attached hydrogens (tertiary/aromatic N) is 1. The predicted octanol–water partition coefficient (Wildman–Crippen LogP) is 0.738. The molecular weight excluding hydrogens is 298 g/mol. The Kier molecular flexibility index (Phi) is 4.83. The maximum absolute atomic E-state index is 11.8. The molecule has 106 valence electrons. The molecule has 0 aromatic carbocycles. The van der Waals surface area contributed by atoms with Crippen molar-refractivity contribution < 1.29 is 13.2 Å². The average molecular weight is 311 g/mol. The van der Waals surface area contributed by atoms with Gasteiger partial charge in [-0.15, -0.1) is 11.3 Å². The van der Waals surface area contributed by atoms with Crippen LogP contribution in [0.15, 0.2) is 46.1 Å². The van der Waals surface area contributed by atoms with Crippen LogP contribution in [0.5, 0.6) is 0 Å². The molecule has 0 atom stereocenters. The zero-order valence-corrected chi connectivity index (χ0v) is 12.1. The van der Waals surface area contributed by atoms with E-state index in [2.05, 4.69) is 15.0 Å². The van der Waals surface area contributed by atoms with Crippen molar-refractivity contribution in [2.75, 3.05) is 6.54 Å². The van der Waals surface area contributed by atoms with Crippen molar-refractivity contribution in [3.63, 3.8) is 0 Å². The van der Waals surface area contributed by atoms with Gasteiger partial charge >= 0.3 is 0 Å². The molecule has 0 bridgehead atoms. The number of nitrogens with one attached hydrogen (secondary N) is 2. The lowest BCUT2D eigenvalue weighted by molar-refractivity contribution is -0.120. The van der Waals surface area contributed by atoms with Crippen LogP contribution in [-0.2, 0) is 21.4 Å². The summed E-state index contributed by atoms with van der Waals surface area (Å²) in [5, 5.41) is 4.25. The molecule has 8 heteroatoms. The van der Waals surface area contributed by atoms with Gasteiger partial charge in [-0.2, -0.15) is 0 Å². The van der Waals surface area contributed by atoms with Gasteiger partial charge in [0.1, 0.15) is 4.21 Å². The number of hydrogen-bond donors (Lipinski definition) is 2. The van der Waals surface area contributed by atoms with Gasteiger partial charge in [0, 0.05) is 6.20 Å². The van der Waals surface area contributed by atoms with E-state index in [9.17, 15) is 13.2 Å². The number of pyridine rings is 1. The summed E-state index contributed by atoms with van der Waals surface area (Å²) < 4.78 is 26.0. The van der Waals surface area contributed by atoms with Crippen molar-refractivity contribution in [1.29, 1.82) is 0 Å². The van der Waals surface area contributed by atoms with Crippen molar-refractivity contribution in [1.82, 2.24) is 15.0 Å². The molecule has 2 rings (SSSR count). The van der Waals surface area contributed by atoms with Crippen LogP contribution in [0.3, 0.4) is 0 Å². The fourth-order valence-corrected chi connectivity index (χ4v) is 3.42. The minimum atomic E-state index is -3.60. The third-order valence-electron chi connectivity index (χ3n) is 2.38. The summed E-state index contributed by atoms with van der Waals surface area (Å²) in [7, 11) is -3.60. The molecule has 1 amide bonds. The summed E-state index contributed by atoms with van der Waals surface area (Å²) in [5.74, 6) is -0.407. The summed E-state index contributed by atoms with van der Waals surface area (Å²) in [6, 6.07) is 8.49. The van der Waals surface area contributed by atoms with Crippen LogP contribution in [0.1, 0.15) is 5.69 Å². The second-order valence-electron chi connectivity index (χ2n) is 3.85. The fraction of sp³-hybridized carbons (Fsp3) is 0.167. The Bertz CT molecular complexity index is 655. The summed E-state index contributed by atoms with van der Waals surface area (Å²) in [5.41, 5.74) is 0.710. The number of aromatic nitrogens is 1. The molecule has 0 aliphatic rings. The van der Waals surface area contributed by atoms with Gasteiger partial charge in [-0.25, -0.2) is 13.1 Å². The van der Waals surface area contributed by atoms with Crippen LogP contribution >= 0.6 is 11.3 Å². The zero-order valence-electron chi connectivity index (χ0n) is 10.4. The monoisotopic (exact) mass is 311 g/mol. The molecule has 20 heavy (non-hydrogen) atoms. The van der Waals surface area contributed by atoms with E-state index in [-0.39, 0.29) is 17.3 Å². The Labute approximate surface area is 120 Å². The molecule has 2 aromatic heterocycles. The van der Waals surface area contributed by atoms with Gasteiger partial charge in [-0.05, 0) is 23.6 Å². The Morgan fingerprint density at radius 3 is 2.75 bits per heavy atom. The average Bonchev–Trinajstić information content (AvgIpc) is 2.99. The standard InChI is InChI=1S/C12H13N3O3S2/c16-11(14-8-10-4-1-2-6-13-10)9-15-20(17,18)12-5-3-7-19-12/h1-7,15H,8-9H2,(H,14,16). The van der Waals surface area contributed by atoms with Crippen LogP contribution in [0.25, 0.3) is 0 Å². The van der Waals surface area contributed by atoms with E-state index < -0.39 is 15.9 Å². The normalized spacial score (nSPS) is 11.2. The number of sulfonamides is 1. The van der Waals surface area contributed by atoms with Crippen LogP contribution in [-0.4, -0.2) is 25.9 Å². The molecule has 0 aliphatic heterocycles. The van der Waals surface area contributed by atoms with Crippen molar-refractivity contribution in [3.8, 4) is 0 Å². The third-order valence-corrected chi connectivity index (χ3v) is 5.17. The van der Waals surface area contributed by atoms with E-state index >= 15 is 0 Å². The number of carbonyl (C=O) groups is 1. The smallest absolute Gasteiger partial charge is 0.250 e. The highest BCUT2D eigenvalue weighted by molar-refractivity contribution is 7.91. The first-order valence-corrected chi connectivity index (χ1v) is 8.14. The van der Waals surface area contributed by atoms with E-state index in [1.165, 1.54) is 6.07 Å². The van der Waals surface area contributed by atoms with Gasteiger partial charge in [0.15, 0.2) is 0 Å². The topological polar surface area (TPSA) is 88.2 Å². The molecule has 0 spiro atoms. The van der Waals surface area contributed by atoms with Gasteiger partial charge in [-0.1, -0.05) is 12.1 Å². The van der Waals surface area contributed by atoms with Crippen LogP contribution in [0.4, 0.5) is 0 Å². The predicted molar refractivity (Wildman–Crippen MR) is 75.6 cm³/mol. The largest absolute Gasteiger partial charge is 0.349 e. The Hall–Kier alpha value is -1.77. The molecule has 6 nitrogen and oxygen atoms in total. The van der Waals surface area contributed by atoms with Gasteiger partial charge in [0.25, 0.3) is 10.0 Å². The first kappa shape index (κ1) is 14.6. The molecule has 0 saturated heterocycles. The van der Waals surface area contributed by atoms with E-state index in [1.807, 2.05) is 6.07 Å². The lowest BCUT2D eigenvalue weighted by atomic mass is 10.3. The number of rotatable bonds is 6. The van der Waals surface area contributed by atoms with Crippen LogP contribution in [0.2, 0.25) is 0 Å². The minimum Gasteiger partial charge on any atom is -0.349 e. The highest BCUT2D eigenvalue weighted by atomic mass is 32.2. The van der Waals surface area contributed by atoms with E-state index in [0.717, 1.165) is 11.3 Å². The Morgan fingerprint density at radius 2 is 2.10 bits per heavy atom.